The minimum absolute atomic E-state index is 0.0623. The maximum absolute atomic E-state index is 13.1. The van der Waals surface area contributed by atoms with E-state index in [9.17, 15) is 13.2 Å². The molecule has 1 aliphatic heterocycles. The average Bonchev–Trinajstić information content (AvgIpc) is 2.83. The molecule has 0 spiro atoms. The van der Waals surface area contributed by atoms with Gasteiger partial charge in [-0.3, -0.25) is 4.79 Å². The van der Waals surface area contributed by atoms with Gasteiger partial charge in [-0.25, -0.2) is 8.42 Å². The summed E-state index contributed by atoms with van der Waals surface area (Å²) >= 11 is 1.34. The van der Waals surface area contributed by atoms with Crippen LogP contribution in [-0.4, -0.2) is 58.8 Å². The second kappa shape index (κ2) is 10.9. The molecule has 3 rings (SSSR count). The maximum atomic E-state index is 13.1. The van der Waals surface area contributed by atoms with E-state index in [0.29, 0.717) is 30.3 Å². The molecule has 1 aliphatic rings. The zero-order chi connectivity index (χ0) is 23.1. The SMILES string of the molecule is COc1ccc(SCC(=O)Nc2ccc(OC)c(S(=O)(=O)N3CCCCC3)c2)cc1OC. The topological polar surface area (TPSA) is 94.2 Å². The highest BCUT2D eigenvalue weighted by molar-refractivity contribution is 8.00. The summed E-state index contributed by atoms with van der Waals surface area (Å²) in [5.41, 5.74) is 0.402. The minimum atomic E-state index is -3.71. The summed E-state index contributed by atoms with van der Waals surface area (Å²) < 4.78 is 43.5. The number of hydrogen-bond acceptors (Lipinski definition) is 7. The Balaban J connectivity index is 1.71. The van der Waals surface area contributed by atoms with Crippen molar-refractivity contribution in [3.05, 3.63) is 36.4 Å². The number of thioether (sulfide) groups is 1. The number of anilines is 1. The largest absolute Gasteiger partial charge is 0.495 e. The number of ether oxygens (including phenoxy) is 3. The molecule has 0 radical (unpaired) electrons. The summed E-state index contributed by atoms with van der Waals surface area (Å²) in [6.07, 6.45) is 2.70. The van der Waals surface area contributed by atoms with Crippen molar-refractivity contribution in [3.63, 3.8) is 0 Å². The number of nitrogens with one attached hydrogen (secondary N) is 1. The van der Waals surface area contributed by atoms with Crippen LogP contribution in [-0.2, 0) is 14.8 Å². The van der Waals surface area contributed by atoms with Gasteiger partial charge >= 0.3 is 0 Å². The van der Waals surface area contributed by atoms with Crippen LogP contribution in [0.4, 0.5) is 5.69 Å². The fraction of sp³-hybridized carbons (Fsp3) is 0.409. The van der Waals surface area contributed by atoms with Crippen LogP contribution in [0.3, 0.4) is 0 Å². The van der Waals surface area contributed by atoms with Crippen LogP contribution >= 0.6 is 11.8 Å². The van der Waals surface area contributed by atoms with E-state index < -0.39 is 10.0 Å². The fourth-order valence-electron chi connectivity index (χ4n) is 3.45. The Morgan fingerprint density at radius 3 is 2.25 bits per heavy atom. The fourth-order valence-corrected chi connectivity index (χ4v) is 5.88. The highest BCUT2D eigenvalue weighted by atomic mass is 32.2. The molecule has 1 fully saturated rings. The van der Waals surface area contributed by atoms with Gasteiger partial charge in [-0.15, -0.1) is 11.8 Å². The summed E-state index contributed by atoms with van der Waals surface area (Å²) in [6, 6.07) is 10.1. The average molecular weight is 481 g/mol. The molecule has 174 valence electrons. The molecule has 1 N–H and O–H groups in total. The predicted molar refractivity (Wildman–Crippen MR) is 125 cm³/mol. The Hall–Kier alpha value is -2.43. The van der Waals surface area contributed by atoms with Gasteiger partial charge in [0.05, 0.1) is 27.1 Å². The number of hydrogen-bond donors (Lipinski definition) is 1. The molecule has 0 aliphatic carbocycles. The minimum Gasteiger partial charge on any atom is -0.495 e. The van der Waals surface area contributed by atoms with Gasteiger partial charge in [0.15, 0.2) is 11.5 Å². The van der Waals surface area contributed by atoms with Crippen molar-refractivity contribution in [3.8, 4) is 17.2 Å². The number of carbonyl (C=O) groups is 1. The number of carbonyl (C=O) groups excluding carboxylic acids is 1. The second-order valence-electron chi connectivity index (χ2n) is 7.18. The monoisotopic (exact) mass is 480 g/mol. The third kappa shape index (κ3) is 5.67. The number of nitrogens with zero attached hydrogens (tertiary/aromatic N) is 1. The van der Waals surface area contributed by atoms with Crippen molar-refractivity contribution in [2.45, 2.75) is 29.1 Å². The smallest absolute Gasteiger partial charge is 0.246 e. The third-order valence-corrected chi connectivity index (χ3v) is 8.02. The molecule has 0 unspecified atom stereocenters. The first-order chi connectivity index (χ1) is 15.4. The number of rotatable bonds is 9. The first-order valence-corrected chi connectivity index (χ1v) is 12.6. The van der Waals surface area contributed by atoms with Gasteiger partial charge in [-0.05, 0) is 49.2 Å². The maximum Gasteiger partial charge on any atom is 0.246 e. The molecule has 0 aromatic heterocycles. The molecule has 0 atom stereocenters. The van der Waals surface area contributed by atoms with E-state index in [0.717, 1.165) is 24.2 Å². The van der Waals surface area contributed by atoms with Gasteiger partial charge < -0.3 is 19.5 Å². The lowest BCUT2D eigenvalue weighted by Gasteiger charge is -2.26. The van der Waals surface area contributed by atoms with Gasteiger partial charge in [0, 0.05) is 23.7 Å². The second-order valence-corrected chi connectivity index (χ2v) is 10.1. The van der Waals surface area contributed by atoms with E-state index in [1.165, 1.54) is 29.2 Å². The molecule has 8 nitrogen and oxygen atoms in total. The van der Waals surface area contributed by atoms with Gasteiger partial charge in [0.25, 0.3) is 0 Å². The van der Waals surface area contributed by atoms with Crippen molar-refractivity contribution in [2.24, 2.45) is 0 Å². The highest BCUT2D eigenvalue weighted by Crippen LogP contribution is 2.33. The normalized spacial score (nSPS) is 14.6. The van der Waals surface area contributed by atoms with Crippen LogP contribution < -0.4 is 19.5 Å². The van der Waals surface area contributed by atoms with Gasteiger partial charge in [-0.2, -0.15) is 4.31 Å². The lowest BCUT2D eigenvalue weighted by atomic mass is 10.2. The molecule has 1 amide bonds. The number of methoxy groups -OCH3 is 3. The Labute approximate surface area is 193 Å². The van der Waals surface area contributed by atoms with Crippen LogP contribution in [0.1, 0.15) is 19.3 Å². The Morgan fingerprint density at radius 2 is 1.59 bits per heavy atom. The van der Waals surface area contributed by atoms with Crippen molar-refractivity contribution in [1.29, 1.82) is 0 Å². The van der Waals surface area contributed by atoms with Crippen molar-refractivity contribution < 1.29 is 27.4 Å². The first-order valence-electron chi connectivity index (χ1n) is 10.2. The van der Waals surface area contributed by atoms with Crippen LogP contribution in [0.25, 0.3) is 0 Å². The van der Waals surface area contributed by atoms with Crippen LogP contribution in [0.5, 0.6) is 17.2 Å². The molecule has 0 saturated carbocycles. The number of sulfonamides is 1. The zero-order valence-corrected chi connectivity index (χ0v) is 20.1. The van der Waals surface area contributed by atoms with Crippen LogP contribution in [0, 0.1) is 0 Å². The molecule has 1 saturated heterocycles. The van der Waals surface area contributed by atoms with E-state index >= 15 is 0 Å². The predicted octanol–water partition coefficient (Wildman–Crippen LogP) is 3.62. The lowest BCUT2D eigenvalue weighted by molar-refractivity contribution is -0.113. The molecule has 2 aromatic carbocycles. The molecule has 0 bridgehead atoms. The summed E-state index contributed by atoms with van der Waals surface area (Å²) in [5.74, 6) is 1.35. The molecular weight excluding hydrogens is 452 g/mol. The first kappa shape index (κ1) is 24.2. The van der Waals surface area contributed by atoms with Crippen LogP contribution in [0.15, 0.2) is 46.2 Å². The van der Waals surface area contributed by atoms with Crippen molar-refractivity contribution in [2.75, 3.05) is 45.5 Å². The van der Waals surface area contributed by atoms with E-state index in [-0.39, 0.29) is 22.3 Å². The van der Waals surface area contributed by atoms with Crippen molar-refractivity contribution in [1.82, 2.24) is 4.31 Å². The standard InChI is InChI=1S/C22H28N2O6S2/c1-28-18-10-8-17(14-20(18)30-3)31-15-22(25)23-16-7-9-19(29-2)21(13-16)32(26,27)24-11-5-4-6-12-24/h7-10,13-14H,4-6,11-12,15H2,1-3H3,(H,23,25). The van der Waals surface area contributed by atoms with Crippen molar-refractivity contribution >= 4 is 33.4 Å². The van der Waals surface area contributed by atoms with Gasteiger partial charge in [0.1, 0.15) is 10.6 Å². The summed E-state index contributed by atoms with van der Waals surface area (Å²) in [4.78, 5) is 13.4. The number of amides is 1. The third-order valence-electron chi connectivity index (χ3n) is 5.11. The Kier molecular flexibility index (Phi) is 8.27. The van der Waals surface area contributed by atoms with E-state index in [2.05, 4.69) is 5.32 Å². The summed E-state index contributed by atoms with van der Waals surface area (Å²) in [5, 5.41) is 2.78. The number of benzene rings is 2. The summed E-state index contributed by atoms with van der Waals surface area (Å²) in [7, 11) is 0.842. The highest BCUT2D eigenvalue weighted by Gasteiger charge is 2.29. The summed E-state index contributed by atoms with van der Waals surface area (Å²) in [6.45, 7) is 0.980. The Morgan fingerprint density at radius 1 is 0.938 bits per heavy atom. The lowest BCUT2D eigenvalue weighted by Crippen LogP contribution is -2.35. The van der Waals surface area contributed by atoms with Gasteiger partial charge in [0.2, 0.25) is 15.9 Å². The van der Waals surface area contributed by atoms with Crippen LogP contribution in [0.2, 0.25) is 0 Å². The molecule has 1 heterocycles. The van der Waals surface area contributed by atoms with Gasteiger partial charge in [-0.1, -0.05) is 6.42 Å². The zero-order valence-electron chi connectivity index (χ0n) is 18.4. The van der Waals surface area contributed by atoms with E-state index in [1.54, 1.807) is 38.5 Å². The Bertz CT molecular complexity index is 1050. The van der Waals surface area contributed by atoms with E-state index in [1.807, 2.05) is 6.07 Å². The number of piperidine rings is 1. The molecule has 32 heavy (non-hydrogen) atoms. The molecular formula is C22H28N2O6S2. The quantitative estimate of drug-likeness (QED) is 0.548. The van der Waals surface area contributed by atoms with E-state index in [4.69, 9.17) is 14.2 Å². The molecule has 10 heteroatoms. The molecule has 2 aromatic rings.